The maximum atomic E-state index is 5.84. The molecule has 0 unspecified atom stereocenters. The summed E-state index contributed by atoms with van der Waals surface area (Å²) in [5.41, 5.74) is 3.30. The summed E-state index contributed by atoms with van der Waals surface area (Å²) in [6, 6.07) is 2.11. The first-order valence-corrected chi connectivity index (χ1v) is 6.58. The lowest BCUT2D eigenvalue weighted by Gasteiger charge is -2.24. The summed E-state index contributed by atoms with van der Waals surface area (Å²) in [6.07, 6.45) is 2.01. The van der Waals surface area contributed by atoms with Crippen LogP contribution in [0.2, 0.25) is 0 Å². The zero-order valence-corrected chi connectivity index (χ0v) is 10.2. The Bertz CT molecular complexity index is 480. The van der Waals surface area contributed by atoms with Crippen molar-refractivity contribution in [1.29, 1.82) is 0 Å². The summed E-state index contributed by atoms with van der Waals surface area (Å²) in [7, 11) is 0. The van der Waals surface area contributed by atoms with Gasteiger partial charge in [-0.3, -0.25) is 0 Å². The molecule has 16 heavy (non-hydrogen) atoms. The third-order valence-electron chi connectivity index (χ3n) is 2.86. The summed E-state index contributed by atoms with van der Waals surface area (Å²) in [6.45, 7) is 1.43. The van der Waals surface area contributed by atoms with Gasteiger partial charge in [0, 0.05) is 0 Å². The number of fused-ring (bicyclic) bond motifs is 1. The molecule has 0 fully saturated rings. The number of rotatable bonds is 2. The molecule has 1 aliphatic heterocycles. The maximum absolute atomic E-state index is 5.84. The van der Waals surface area contributed by atoms with Crippen LogP contribution in [0.15, 0.2) is 23.2 Å². The average Bonchev–Trinajstić information content (AvgIpc) is 2.97. The van der Waals surface area contributed by atoms with Gasteiger partial charge in [-0.05, 0) is 22.4 Å². The Hall–Kier alpha value is -0.840. The molecule has 2 aromatic heterocycles. The maximum Gasteiger partial charge on any atom is 0.102 e. The third kappa shape index (κ3) is 1.67. The van der Waals surface area contributed by atoms with Crippen molar-refractivity contribution in [2.24, 2.45) is 0 Å². The molecular weight excluding hydrogens is 244 g/mol. The second-order valence-electron chi connectivity index (χ2n) is 3.78. The van der Waals surface area contributed by atoms with Crippen LogP contribution in [-0.2, 0) is 23.8 Å². The molecule has 0 amide bonds. The molecule has 3 rings (SSSR count). The largest absolute Gasteiger partial charge is 0.365 e. The number of hydrogen-bond donors (Lipinski definition) is 0. The molecule has 1 atom stereocenters. The Morgan fingerprint density at radius 2 is 2.56 bits per heavy atom. The van der Waals surface area contributed by atoms with Crippen molar-refractivity contribution in [2.75, 3.05) is 0 Å². The van der Waals surface area contributed by atoms with Gasteiger partial charge < -0.3 is 9.30 Å². The lowest BCUT2D eigenvalue weighted by molar-refractivity contribution is 0.00292. The van der Waals surface area contributed by atoms with E-state index in [1.54, 1.807) is 11.3 Å². The fraction of sp³-hybridized carbons (Fsp3) is 0.364. The monoisotopic (exact) mass is 254 g/mol. The van der Waals surface area contributed by atoms with Crippen molar-refractivity contribution >= 4 is 22.9 Å². The number of imidazole rings is 1. The van der Waals surface area contributed by atoms with E-state index in [4.69, 9.17) is 16.3 Å². The summed E-state index contributed by atoms with van der Waals surface area (Å²) in [4.78, 5) is 4.29. The normalized spacial score (nSPS) is 19.7. The molecule has 0 saturated carbocycles. The number of ether oxygens (including phenoxy) is 1. The fourth-order valence-corrected chi connectivity index (χ4v) is 2.88. The van der Waals surface area contributed by atoms with Gasteiger partial charge in [0.25, 0.3) is 0 Å². The predicted molar refractivity (Wildman–Crippen MR) is 63.6 cm³/mol. The predicted octanol–water partition coefficient (Wildman–Crippen LogP) is 2.95. The van der Waals surface area contributed by atoms with E-state index in [2.05, 4.69) is 26.4 Å². The van der Waals surface area contributed by atoms with E-state index in [9.17, 15) is 0 Å². The first-order chi connectivity index (χ1) is 7.88. The number of halogens is 1. The molecule has 5 heteroatoms. The van der Waals surface area contributed by atoms with E-state index in [1.807, 2.05) is 6.33 Å². The van der Waals surface area contributed by atoms with Gasteiger partial charge in [-0.15, -0.1) is 11.6 Å². The van der Waals surface area contributed by atoms with Gasteiger partial charge in [0.05, 0.1) is 36.7 Å². The van der Waals surface area contributed by atoms with Crippen molar-refractivity contribution in [3.63, 3.8) is 0 Å². The van der Waals surface area contributed by atoms with Crippen LogP contribution in [0.1, 0.15) is 23.1 Å². The summed E-state index contributed by atoms with van der Waals surface area (Å²) >= 11 is 7.51. The Kier molecular flexibility index (Phi) is 2.71. The van der Waals surface area contributed by atoms with E-state index in [-0.39, 0.29) is 6.10 Å². The van der Waals surface area contributed by atoms with Gasteiger partial charge in [0.2, 0.25) is 0 Å². The molecule has 0 spiro atoms. The van der Waals surface area contributed by atoms with Crippen LogP contribution in [0.3, 0.4) is 0 Å². The molecule has 0 aromatic carbocycles. The highest BCUT2D eigenvalue weighted by atomic mass is 35.5. The van der Waals surface area contributed by atoms with Crippen LogP contribution in [0, 0.1) is 0 Å². The van der Waals surface area contributed by atoms with Gasteiger partial charge in [-0.2, -0.15) is 11.3 Å². The molecule has 0 N–H and O–H groups in total. The van der Waals surface area contributed by atoms with Crippen molar-refractivity contribution in [2.45, 2.75) is 25.1 Å². The number of nitrogens with zero attached hydrogens (tertiary/aromatic N) is 2. The first kappa shape index (κ1) is 10.3. The van der Waals surface area contributed by atoms with Crippen molar-refractivity contribution in [3.05, 3.63) is 40.1 Å². The minimum Gasteiger partial charge on any atom is -0.365 e. The fourth-order valence-electron chi connectivity index (χ4n) is 1.96. The lowest BCUT2D eigenvalue weighted by Crippen LogP contribution is -2.20. The Balaban J connectivity index is 1.87. The summed E-state index contributed by atoms with van der Waals surface area (Å²) < 4.78 is 7.98. The number of alkyl halides is 1. The second-order valence-corrected chi connectivity index (χ2v) is 4.83. The van der Waals surface area contributed by atoms with E-state index in [1.165, 1.54) is 5.56 Å². The van der Waals surface area contributed by atoms with E-state index < -0.39 is 0 Å². The van der Waals surface area contributed by atoms with Crippen molar-refractivity contribution < 1.29 is 4.74 Å². The van der Waals surface area contributed by atoms with Gasteiger partial charge >= 0.3 is 0 Å². The quantitative estimate of drug-likeness (QED) is 0.771. The molecule has 84 valence electrons. The Morgan fingerprint density at radius 3 is 3.31 bits per heavy atom. The molecule has 0 radical (unpaired) electrons. The average molecular weight is 255 g/mol. The molecule has 0 saturated heterocycles. The van der Waals surface area contributed by atoms with Crippen LogP contribution in [0.4, 0.5) is 0 Å². The van der Waals surface area contributed by atoms with Crippen LogP contribution >= 0.6 is 22.9 Å². The zero-order chi connectivity index (χ0) is 11.0. The van der Waals surface area contributed by atoms with Crippen molar-refractivity contribution in [1.82, 2.24) is 9.55 Å². The number of aromatic nitrogens is 2. The first-order valence-electron chi connectivity index (χ1n) is 5.11. The van der Waals surface area contributed by atoms with Gasteiger partial charge in [-0.1, -0.05) is 0 Å². The van der Waals surface area contributed by atoms with Crippen LogP contribution in [0.25, 0.3) is 0 Å². The number of thiophene rings is 1. The molecular formula is C11H11ClN2OS. The zero-order valence-electron chi connectivity index (χ0n) is 8.60. The van der Waals surface area contributed by atoms with Gasteiger partial charge in [0.1, 0.15) is 6.10 Å². The standard InChI is InChI=1S/C11H11ClN2OS/c12-3-9-10-5-15-11(4-14(10)7-13-9)8-1-2-16-6-8/h1-2,6-7,11H,3-5H2/t11-/m0/s1. The highest BCUT2D eigenvalue weighted by Crippen LogP contribution is 2.29. The topological polar surface area (TPSA) is 27.1 Å². The Morgan fingerprint density at radius 1 is 1.62 bits per heavy atom. The molecule has 0 aliphatic carbocycles. The Labute approximate surface area is 103 Å². The van der Waals surface area contributed by atoms with Crippen LogP contribution < -0.4 is 0 Å². The SMILES string of the molecule is ClCc1ncn2c1CO[C@H](c1ccsc1)C2. The molecule has 3 heterocycles. The third-order valence-corrected chi connectivity index (χ3v) is 3.81. The molecule has 1 aliphatic rings. The van der Waals surface area contributed by atoms with Crippen LogP contribution in [0.5, 0.6) is 0 Å². The lowest BCUT2D eigenvalue weighted by atomic mass is 10.1. The molecule has 0 bridgehead atoms. The smallest absolute Gasteiger partial charge is 0.102 e. The van der Waals surface area contributed by atoms with E-state index in [0.29, 0.717) is 12.5 Å². The van der Waals surface area contributed by atoms with E-state index >= 15 is 0 Å². The van der Waals surface area contributed by atoms with Gasteiger partial charge in [-0.25, -0.2) is 4.98 Å². The number of hydrogen-bond acceptors (Lipinski definition) is 3. The minimum absolute atomic E-state index is 0.149. The highest BCUT2D eigenvalue weighted by molar-refractivity contribution is 7.07. The summed E-state index contributed by atoms with van der Waals surface area (Å²) in [5.74, 6) is 0.453. The van der Waals surface area contributed by atoms with Crippen molar-refractivity contribution in [3.8, 4) is 0 Å². The second kappa shape index (κ2) is 4.20. The van der Waals surface area contributed by atoms with Gasteiger partial charge in [0.15, 0.2) is 0 Å². The molecule has 3 nitrogen and oxygen atoms in total. The van der Waals surface area contributed by atoms with E-state index in [0.717, 1.165) is 17.9 Å². The van der Waals surface area contributed by atoms with Crippen LogP contribution in [-0.4, -0.2) is 9.55 Å². The molecule has 2 aromatic rings. The highest BCUT2D eigenvalue weighted by Gasteiger charge is 2.23. The minimum atomic E-state index is 0.149. The summed E-state index contributed by atoms with van der Waals surface area (Å²) in [5, 5.41) is 4.21.